The molecule has 2 aliphatic rings. The summed E-state index contributed by atoms with van der Waals surface area (Å²) in [7, 11) is 1.59. The molecule has 1 aromatic carbocycles. The summed E-state index contributed by atoms with van der Waals surface area (Å²) in [6.45, 7) is 1.17. The Kier molecular flexibility index (Phi) is 4.92. The molecular weight excluding hydrogens is 320 g/mol. The molecule has 1 aliphatic heterocycles. The van der Waals surface area contributed by atoms with Gasteiger partial charge in [-0.15, -0.1) is 0 Å². The van der Waals surface area contributed by atoms with Gasteiger partial charge in [-0.25, -0.2) is 4.79 Å². The van der Waals surface area contributed by atoms with Crippen LogP contribution in [0.3, 0.4) is 0 Å². The van der Waals surface area contributed by atoms with Crippen LogP contribution in [0.1, 0.15) is 42.5 Å². The average Bonchev–Trinajstić information content (AvgIpc) is 3.08. The first kappa shape index (κ1) is 17.3. The summed E-state index contributed by atoms with van der Waals surface area (Å²) < 4.78 is 0. The first-order valence-electron chi connectivity index (χ1n) is 8.76. The van der Waals surface area contributed by atoms with E-state index >= 15 is 0 Å². The van der Waals surface area contributed by atoms with Crippen LogP contribution in [0.4, 0.5) is 10.5 Å². The third-order valence-corrected chi connectivity index (χ3v) is 5.00. The highest BCUT2D eigenvalue weighted by atomic mass is 16.2. The van der Waals surface area contributed by atoms with Gasteiger partial charge in [-0.3, -0.25) is 14.5 Å². The first-order valence-corrected chi connectivity index (χ1v) is 8.76. The molecule has 7 heteroatoms. The summed E-state index contributed by atoms with van der Waals surface area (Å²) in [6.07, 6.45) is 4.21. The predicted octanol–water partition coefficient (Wildman–Crippen LogP) is 1.39. The number of hydrogen-bond acceptors (Lipinski definition) is 3. The minimum absolute atomic E-state index is 0.143. The van der Waals surface area contributed by atoms with Crippen molar-refractivity contribution in [2.45, 2.75) is 37.6 Å². The number of benzene rings is 1. The van der Waals surface area contributed by atoms with Crippen molar-refractivity contribution < 1.29 is 14.4 Å². The van der Waals surface area contributed by atoms with Crippen molar-refractivity contribution in [2.24, 2.45) is 0 Å². The van der Waals surface area contributed by atoms with E-state index < -0.39 is 5.54 Å². The van der Waals surface area contributed by atoms with Crippen molar-refractivity contribution in [3.8, 4) is 0 Å². The lowest BCUT2D eigenvalue weighted by Crippen LogP contribution is -2.59. The first-order chi connectivity index (χ1) is 12.1. The number of likely N-dealkylation sites (N-methyl/N-ethyl adjacent to an activating group) is 1. The van der Waals surface area contributed by atoms with Crippen LogP contribution in [0.25, 0.3) is 0 Å². The van der Waals surface area contributed by atoms with Gasteiger partial charge in [0.1, 0.15) is 5.54 Å². The SMILES string of the molecule is CNC(=O)C1(NC(=O)c2cccc(N3CCNC3=O)c2)CCCCC1. The number of nitrogens with zero attached hydrogens (tertiary/aromatic N) is 1. The molecule has 0 bridgehead atoms. The molecule has 0 atom stereocenters. The maximum atomic E-state index is 12.8. The van der Waals surface area contributed by atoms with Crippen molar-refractivity contribution in [1.29, 1.82) is 0 Å². The van der Waals surface area contributed by atoms with Crippen LogP contribution in [0.5, 0.6) is 0 Å². The highest BCUT2D eigenvalue weighted by Gasteiger charge is 2.40. The minimum atomic E-state index is -0.842. The second-order valence-electron chi connectivity index (χ2n) is 6.61. The van der Waals surface area contributed by atoms with Crippen LogP contribution in [0, 0.1) is 0 Å². The quantitative estimate of drug-likeness (QED) is 0.771. The predicted molar refractivity (Wildman–Crippen MR) is 94.5 cm³/mol. The molecule has 1 aliphatic carbocycles. The van der Waals surface area contributed by atoms with E-state index in [0.717, 1.165) is 19.3 Å². The third kappa shape index (κ3) is 3.45. The van der Waals surface area contributed by atoms with Crippen molar-refractivity contribution in [3.63, 3.8) is 0 Å². The fourth-order valence-corrected chi connectivity index (χ4v) is 3.63. The molecule has 2 fully saturated rings. The van der Waals surface area contributed by atoms with Crippen LogP contribution in [-0.4, -0.2) is 43.5 Å². The highest BCUT2D eigenvalue weighted by molar-refractivity contribution is 6.01. The number of anilines is 1. The summed E-state index contributed by atoms with van der Waals surface area (Å²) in [5.41, 5.74) is 0.289. The van der Waals surface area contributed by atoms with Crippen molar-refractivity contribution in [1.82, 2.24) is 16.0 Å². The van der Waals surface area contributed by atoms with Crippen LogP contribution in [0.2, 0.25) is 0 Å². The molecule has 0 spiro atoms. The van der Waals surface area contributed by atoms with Gasteiger partial charge in [-0.1, -0.05) is 25.3 Å². The number of hydrogen-bond donors (Lipinski definition) is 3. The molecule has 7 nitrogen and oxygen atoms in total. The van der Waals surface area contributed by atoms with E-state index in [9.17, 15) is 14.4 Å². The second-order valence-corrected chi connectivity index (χ2v) is 6.61. The Morgan fingerprint density at radius 2 is 1.96 bits per heavy atom. The van der Waals surface area contributed by atoms with E-state index in [4.69, 9.17) is 0 Å². The van der Waals surface area contributed by atoms with Gasteiger partial charge in [-0.05, 0) is 31.0 Å². The Hall–Kier alpha value is -2.57. The summed E-state index contributed by atoms with van der Waals surface area (Å²) >= 11 is 0. The number of amides is 4. The van der Waals surface area contributed by atoms with Gasteiger partial charge in [0.25, 0.3) is 5.91 Å². The zero-order valence-corrected chi connectivity index (χ0v) is 14.4. The number of carbonyl (C=O) groups excluding carboxylic acids is 3. The average molecular weight is 344 g/mol. The Labute approximate surface area is 147 Å². The van der Waals surface area contributed by atoms with Crippen LogP contribution >= 0.6 is 0 Å². The summed E-state index contributed by atoms with van der Waals surface area (Å²) in [5.74, 6) is -0.428. The number of nitrogens with one attached hydrogen (secondary N) is 3. The van der Waals surface area contributed by atoms with Crippen LogP contribution in [0.15, 0.2) is 24.3 Å². The van der Waals surface area contributed by atoms with Crippen LogP contribution < -0.4 is 20.9 Å². The standard InChI is InChI=1S/C18H24N4O3/c1-19-16(24)18(8-3-2-4-9-18)21-15(23)13-6-5-7-14(12-13)22-11-10-20-17(22)25/h5-7,12H,2-4,8-11H2,1H3,(H,19,24)(H,20,25)(H,21,23). The highest BCUT2D eigenvalue weighted by Crippen LogP contribution is 2.29. The van der Waals surface area contributed by atoms with Gasteiger partial charge >= 0.3 is 6.03 Å². The largest absolute Gasteiger partial charge is 0.357 e. The fraction of sp³-hybridized carbons (Fsp3) is 0.500. The fourth-order valence-electron chi connectivity index (χ4n) is 3.63. The Balaban J connectivity index is 1.80. The Morgan fingerprint density at radius 3 is 2.60 bits per heavy atom. The molecule has 1 saturated carbocycles. The topological polar surface area (TPSA) is 90.5 Å². The van der Waals surface area contributed by atoms with E-state index in [1.807, 2.05) is 0 Å². The molecule has 1 saturated heterocycles. The third-order valence-electron chi connectivity index (χ3n) is 5.00. The van der Waals surface area contributed by atoms with E-state index in [2.05, 4.69) is 16.0 Å². The molecule has 134 valence electrons. The summed E-state index contributed by atoms with van der Waals surface area (Å²) in [5, 5.41) is 8.38. The van der Waals surface area contributed by atoms with Crippen molar-refractivity contribution in [3.05, 3.63) is 29.8 Å². The van der Waals surface area contributed by atoms with E-state index in [1.165, 1.54) is 0 Å². The monoisotopic (exact) mass is 344 g/mol. The van der Waals surface area contributed by atoms with Gasteiger partial charge in [-0.2, -0.15) is 0 Å². The number of rotatable bonds is 4. The van der Waals surface area contributed by atoms with E-state index in [0.29, 0.717) is 37.2 Å². The lowest BCUT2D eigenvalue weighted by Gasteiger charge is -2.36. The molecule has 3 N–H and O–H groups in total. The minimum Gasteiger partial charge on any atom is -0.357 e. The van der Waals surface area contributed by atoms with E-state index in [-0.39, 0.29) is 17.8 Å². The molecule has 0 unspecified atom stereocenters. The van der Waals surface area contributed by atoms with Gasteiger partial charge in [0.05, 0.1) is 0 Å². The normalized spacial score (nSPS) is 19.2. The summed E-state index contributed by atoms with van der Waals surface area (Å²) in [4.78, 5) is 38.6. The van der Waals surface area contributed by atoms with Gasteiger partial charge < -0.3 is 16.0 Å². The lowest BCUT2D eigenvalue weighted by atomic mass is 9.80. The molecular formula is C18H24N4O3. The maximum Gasteiger partial charge on any atom is 0.321 e. The Morgan fingerprint density at radius 1 is 1.20 bits per heavy atom. The van der Waals surface area contributed by atoms with E-state index in [1.54, 1.807) is 36.2 Å². The van der Waals surface area contributed by atoms with Crippen molar-refractivity contribution in [2.75, 3.05) is 25.0 Å². The molecule has 1 heterocycles. The van der Waals surface area contributed by atoms with Crippen molar-refractivity contribution >= 4 is 23.5 Å². The zero-order chi connectivity index (χ0) is 17.9. The summed E-state index contributed by atoms with van der Waals surface area (Å²) in [6, 6.07) is 6.79. The van der Waals surface area contributed by atoms with Gasteiger partial charge in [0.2, 0.25) is 5.91 Å². The molecule has 4 amide bonds. The molecule has 0 aromatic heterocycles. The molecule has 1 aromatic rings. The number of urea groups is 1. The van der Waals surface area contributed by atoms with Gasteiger partial charge in [0, 0.05) is 31.4 Å². The smallest absolute Gasteiger partial charge is 0.321 e. The lowest BCUT2D eigenvalue weighted by molar-refractivity contribution is -0.128. The second kappa shape index (κ2) is 7.13. The molecule has 25 heavy (non-hydrogen) atoms. The number of carbonyl (C=O) groups is 3. The zero-order valence-electron chi connectivity index (χ0n) is 14.4. The van der Waals surface area contributed by atoms with Gasteiger partial charge in [0.15, 0.2) is 0 Å². The van der Waals surface area contributed by atoms with Crippen LogP contribution in [-0.2, 0) is 4.79 Å². The Bertz CT molecular complexity index is 683. The molecule has 3 rings (SSSR count). The molecule has 0 radical (unpaired) electrons. The maximum absolute atomic E-state index is 12.8.